The quantitative estimate of drug-likeness (QED) is 0.158. The van der Waals surface area contributed by atoms with E-state index in [1.54, 1.807) is 0 Å². The van der Waals surface area contributed by atoms with Crippen molar-refractivity contribution in [2.24, 2.45) is 22.2 Å². The van der Waals surface area contributed by atoms with Crippen molar-refractivity contribution in [1.82, 2.24) is 0 Å². The van der Waals surface area contributed by atoms with Crippen LogP contribution in [0.2, 0.25) is 10.0 Å². The third kappa shape index (κ3) is 11.8. The summed E-state index contributed by atoms with van der Waals surface area (Å²) in [6, 6.07) is 28.3. The van der Waals surface area contributed by atoms with Gasteiger partial charge in [-0.1, -0.05) is 150 Å². The first kappa shape index (κ1) is 51.1. The summed E-state index contributed by atoms with van der Waals surface area (Å²) in [6.45, 7) is 32.4. The third-order valence-electron chi connectivity index (χ3n) is 12.0. The molecular weight excluding hydrogens is 906 g/mol. The molecule has 0 aliphatic heterocycles. The van der Waals surface area contributed by atoms with Gasteiger partial charge in [0.05, 0.1) is 0 Å². The molecule has 0 aromatic heterocycles. The fourth-order valence-corrected chi connectivity index (χ4v) is 10.8. The zero-order chi connectivity index (χ0) is 43.3. The van der Waals surface area contributed by atoms with Gasteiger partial charge in [-0.2, -0.15) is 11.6 Å². The number of halogens is 4. The molecule has 0 spiro atoms. The topological polar surface area (TPSA) is 0 Å². The minimum atomic E-state index is -0.623. The minimum absolute atomic E-state index is 0. The summed E-state index contributed by atoms with van der Waals surface area (Å²) >= 11 is 11.0. The van der Waals surface area contributed by atoms with Gasteiger partial charge in [0.15, 0.2) is 0 Å². The van der Waals surface area contributed by atoms with Gasteiger partial charge in [-0.25, -0.2) is 6.08 Å². The maximum atomic E-state index is 5.84. The molecule has 5 aromatic rings. The van der Waals surface area contributed by atoms with E-state index in [1.807, 2.05) is 24.3 Å². The first-order valence-electron chi connectivity index (χ1n) is 21.3. The second kappa shape index (κ2) is 19.3. The van der Waals surface area contributed by atoms with Crippen LogP contribution in [0.3, 0.4) is 0 Å². The molecule has 1 unspecified atom stereocenters. The number of benzene rings is 4. The summed E-state index contributed by atoms with van der Waals surface area (Å²) in [4.78, 5) is 0. The van der Waals surface area contributed by atoms with Gasteiger partial charge in [0, 0.05) is 10.8 Å². The van der Waals surface area contributed by atoms with Crippen molar-refractivity contribution in [3.05, 3.63) is 158 Å². The molecule has 0 bridgehead atoms. The summed E-state index contributed by atoms with van der Waals surface area (Å²) in [6.07, 6.45) is 14.0. The maximum Gasteiger partial charge on any atom is -1.00 e. The number of hydrogen-bond donors (Lipinski definition) is 0. The van der Waals surface area contributed by atoms with E-state index in [0.29, 0.717) is 11.3 Å². The molecule has 8 rings (SSSR count). The number of allylic oxidation sites excluding steroid dienone is 8. The van der Waals surface area contributed by atoms with Gasteiger partial charge in [-0.15, -0.1) is 39.7 Å². The van der Waals surface area contributed by atoms with Crippen LogP contribution in [0.15, 0.2) is 109 Å². The van der Waals surface area contributed by atoms with Gasteiger partial charge in [-0.05, 0) is 33.1 Å². The van der Waals surface area contributed by atoms with Crippen LogP contribution in [0.25, 0.3) is 32.7 Å². The van der Waals surface area contributed by atoms with Gasteiger partial charge in [0.2, 0.25) is 0 Å². The molecule has 0 fully saturated rings. The Morgan fingerprint density at radius 1 is 0.623 bits per heavy atom. The zero-order valence-electron chi connectivity index (χ0n) is 38.8. The van der Waals surface area contributed by atoms with E-state index in [9.17, 15) is 0 Å². The van der Waals surface area contributed by atoms with Crippen LogP contribution in [0.1, 0.15) is 137 Å². The third-order valence-corrected chi connectivity index (χ3v) is 14.9. The molecule has 3 aliphatic rings. The molecule has 1 atom stereocenters. The van der Waals surface area contributed by atoms with Gasteiger partial charge in [0.1, 0.15) is 0 Å². The van der Waals surface area contributed by atoms with Crippen LogP contribution in [0.5, 0.6) is 0 Å². The molecule has 0 radical (unpaired) electrons. The van der Waals surface area contributed by atoms with Crippen LogP contribution in [-0.4, -0.2) is 7.42 Å². The first-order chi connectivity index (χ1) is 27.4. The summed E-state index contributed by atoms with van der Waals surface area (Å²) in [7, 11) is 0. The molecule has 0 heterocycles. The summed E-state index contributed by atoms with van der Waals surface area (Å²) < 4.78 is 4.66. The van der Waals surface area contributed by atoms with Crippen molar-refractivity contribution in [2.75, 3.05) is 0 Å². The average molecular weight is 970 g/mol. The molecule has 324 valence electrons. The van der Waals surface area contributed by atoms with Gasteiger partial charge >= 0.3 is 123 Å². The van der Waals surface area contributed by atoms with E-state index < -0.39 is 22.3 Å². The van der Waals surface area contributed by atoms with Crippen molar-refractivity contribution in [3.63, 3.8) is 0 Å². The Balaban J connectivity index is 0.000000230. The molecule has 0 saturated carbocycles. The van der Waals surface area contributed by atoms with Crippen LogP contribution in [0.4, 0.5) is 0 Å². The molecular formula is C56H64Cl4Zr-4. The number of fused-ring (bicyclic) bond motifs is 5. The average Bonchev–Trinajstić information content (AvgIpc) is 3.90. The minimum Gasteiger partial charge on any atom is -1.00 e. The Morgan fingerprint density at radius 2 is 1.02 bits per heavy atom. The molecule has 0 saturated heterocycles. The fourth-order valence-electron chi connectivity index (χ4n) is 8.46. The SMILES string of the molecule is CC(C)(C)C1=CC(C)(C)c2cc3[cH-]c4cc5c(cc4c3cc21)C(C(C)(C)C)=CC5(C)C.CCC1[C-]=CC(C(C)(C)C)=C1.Clc1ccc([CH]=[Zr]=[CH]c2ccc(Cl)cc2)cc1.[Cl-].[Cl-]. The Bertz CT molecular complexity index is 2410. The summed E-state index contributed by atoms with van der Waals surface area (Å²) in [5.74, 6) is 0.573. The van der Waals surface area contributed by atoms with Crippen molar-refractivity contribution in [2.45, 2.75) is 114 Å². The Labute approximate surface area is 401 Å². The largest absolute Gasteiger partial charge is 1.00 e. The van der Waals surface area contributed by atoms with Gasteiger partial charge in [0.25, 0.3) is 0 Å². The van der Waals surface area contributed by atoms with Crippen molar-refractivity contribution in [3.8, 4) is 0 Å². The first-order valence-corrected chi connectivity index (χ1v) is 24.9. The smallest absolute Gasteiger partial charge is 1.00 e. The number of hydrogen-bond acceptors (Lipinski definition) is 0. The zero-order valence-corrected chi connectivity index (χ0v) is 44.2. The Kier molecular flexibility index (Phi) is 16.2. The fraction of sp³-hybridized carbons (Fsp3) is 0.375. The normalized spacial score (nSPS) is 16.9. The van der Waals surface area contributed by atoms with E-state index >= 15 is 0 Å². The van der Waals surface area contributed by atoms with E-state index in [4.69, 9.17) is 23.2 Å². The maximum absolute atomic E-state index is 5.84. The van der Waals surface area contributed by atoms with Crippen molar-refractivity contribution < 1.29 is 47.1 Å². The van der Waals surface area contributed by atoms with Crippen molar-refractivity contribution in [1.29, 1.82) is 0 Å². The molecule has 5 aromatic carbocycles. The number of rotatable bonds is 3. The molecule has 0 amide bonds. The molecule has 61 heavy (non-hydrogen) atoms. The predicted octanol–water partition coefficient (Wildman–Crippen LogP) is 10.6. The molecule has 3 aliphatic carbocycles. The van der Waals surface area contributed by atoms with Gasteiger partial charge in [-0.3, -0.25) is 6.08 Å². The van der Waals surface area contributed by atoms with Crippen LogP contribution in [-0.2, 0) is 33.1 Å². The van der Waals surface area contributed by atoms with Crippen molar-refractivity contribution >= 4 is 63.3 Å². The van der Waals surface area contributed by atoms with Crippen LogP contribution >= 0.6 is 23.2 Å². The molecule has 5 heteroatoms. The van der Waals surface area contributed by atoms with E-state index in [1.165, 1.54) is 78.1 Å². The second-order valence-electron chi connectivity index (χ2n) is 20.9. The summed E-state index contributed by atoms with van der Waals surface area (Å²) in [5, 5.41) is 7.15. The van der Waals surface area contributed by atoms with E-state index in [-0.39, 0.29) is 46.5 Å². The Hall–Kier alpha value is -2.51. The summed E-state index contributed by atoms with van der Waals surface area (Å²) in [5.41, 5.74) is 13.5. The van der Waals surface area contributed by atoms with Gasteiger partial charge < -0.3 is 24.8 Å². The predicted molar refractivity (Wildman–Crippen MR) is 260 cm³/mol. The second-order valence-corrected chi connectivity index (χ2v) is 24.0. The Morgan fingerprint density at radius 3 is 1.33 bits per heavy atom. The van der Waals surface area contributed by atoms with E-state index in [2.05, 4.69) is 189 Å². The van der Waals surface area contributed by atoms with E-state index in [0.717, 1.165) is 10.0 Å². The monoisotopic (exact) mass is 966 g/mol. The standard InChI is InChI=1S/C31H37.C11H17.2C7H5Cl.2ClH.Zr/c1-28(2,3)26-16-30(7,8)24-12-18-11-19-13-25-23(15-21(19)20(18)14-22(24)26)27(29(4,5)6)17-31(25,9)10;1-5-9-6-7-10(8-9)11(2,3)4;2*1-6-2-4-7(8)5-3-6;;;/h11-17H,1-10H3;7-9H,5H2,1-4H3;2*1-5H;2*1H;/q2*-1;;;;;/p-2. The van der Waals surface area contributed by atoms with Crippen LogP contribution < -0.4 is 24.8 Å². The molecule has 0 N–H and O–H groups in total. The van der Waals surface area contributed by atoms with Crippen LogP contribution in [0, 0.1) is 28.2 Å². The molecule has 0 nitrogen and oxygen atoms in total.